The number of ether oxygens (including phenoxy) is 1. The van der Waals surface area contributed by atoms with Crippen LogP contribution < -0.4 is 5.32 Å². The van der Waals surface area contributed by atoms with Crippen LogP contribution in [0.3, 0.4) is 0 Å². The predicted molar refractivity (Wildman–Crippen MR) is 112 cm³/mol. The molecule has 11 heteroatoms. The van der Waals surface area contributed by atoms with Gasteiger partial charge in [-0.25, -0.2) is 13.6 Å². The first-order valence-electron chi connectivity index (χ1n) is 9.52. The van der Waals surface area contributed by atoms with Crippen molar-refractivity contribution in [1.82, 2.24) is 20.2 Å². The van der Waals surface area contributed by atoms with Gasteiger partial charge in [0.15, 0.2) is 18.1 Å². The van der Waals surface area contributed by atoms with E-state index in [1.807, 2.05) is 6.07 Å². The number of nitrogens with zero attached hydrogens (tertiary/aromatic N) is 4. The fourth-order valence-corrected chi connectivity index (χ4v) is 2.82. The molecule has 2 aromatic heterocycles. The van der Waals surface area contributed by atoms with Crippen LogP contribution in [0.5, 0.6) is 0 Å². The van der Waals surface area contributed by atoms with E-state index in [2.05, 4.69) is 20.8 Å². The molecule has 0 bridgehead atoms. The third-order valence-electron chi connectivity index (χ3n) is 4.30. The van der Waals surface area contributed by atoms with Crippen LogP contribution in [0.25, 0.3) is 23.2 Å². The number of aromatic nitrogens is 4. The Balaban J connectivity index is 1.55. The molecule has 1 N–H and O–H groups in total. The molecule has 9 nitrogen and oxygen atoms in total. The Morgan fingerprint density at radius 2 is 1.91 bits per heavy atom. The smallest absolute Gasteiger partial charge is 0.357 e. The van der Waals surface area contributed by atoms with Gasteiger partial charge in [-0.2, -0.15) is 4.68 Å². The second kappa shape index (κ2) is 9.64. The molecule has 4 rings (SSSR count). The summed E-state index contributed by atoms with van der Waals surface area (Å²) in [6.07, 6.45) is 2.75. The van der Waals surface area contributed by atoms with E-state index in [1.54, 1.807) is 36.4 Å². The summed E-state index contributed by atoms with van der Waals surface area (Å²) in [6.45, 7) is -0.771. The highest BCUT2D eigenvalue weighted by atomic mass is 19.1. The number of hydrogen-bond acceptors (Lipinski definition) is 7. The van der Waals surface area contributed by atoms with Crippen molar-refractivity contribution in [2.45, 2.75) is 0 Å². The molecule has 1 amide bonds. The summed E-state index contributed by atoms with van der Waals surface area (Å²) in [7, 11) is 0. The van der Waals surface area contributed by atoms with Crippen LogP contribution in [0.4, 0.5) is 14.5 Å². The lowest BCUT2D eigenvalue weighted by Gasteiger charge is -2.10. The highest BCUT2D eigenvalue weighted by molar-refractivity contribution is 6.16. The van der Waals surface area contributed by atoms with Crippen molar-refractivity contribution < 1.29 is 27.5 Å². The topological polar surface area (TPSA) is 112 Å². The zero-order chi connectivity index (χ0) is 23.2. The minimum atomic E-state index is -0.953. The number of carbonyl (C=O) groups is 2. The maximum absolute atomic E-state index is 13.7. The van der Waals surface area contributed by atoms with Gasteiger partial charge in [0.2, 0.25) is 0 Å². The molecule has 0 aliphatic carbocycles. The second-order valence-corrected chi connectivity index (χ2v) is 6.57. The molecule has 0 radical (unpaired) electrons. The van der Waals surface area contributed by atoms with Gasteiger partial charge in [0, 0.05) is 17.7 Å². The number of nitrogens with one attached hydrogen (secondary N) is 1. The van der Waals surface area contributed by atoms with Gasteiger partial charge in [0.1, 0.15) is 17.4 Å². The van der Waals surface area contributed by atoms with Gasteiger partial charge in [-0.15, -0.1) is 5.10 Å². The molecule has 2 heterocycles. The number of furan rings is 1. The van der Waals surface area contributed by atoms with Crippen molar-refractivity contribution in [3.05, 3.63) is 84.3 Å². The van der Waals surface area contributed by atoms with Gasteiger partial charge in [0.05, 0.1) is 12.0 Å². The quantitative estimate of drug-likeness (QED) is 0.339. The maximum Gasteiger partial charge on any atom is 0.357 e. The summed E-state index contributed by atoms with van der Waals surface area (Å²) < 4.78 is 38.5. The Bertz CT molecular complexity index is 1300. The normalized spacial score (nSPS) is 11.3. The first-order chi connectivity index (χ1) is 16.0. The van der Waals surface area contributed by atoms with Crippen LogP contribution in [-0.4, -0.2) is 38.7 Å². The molecule has 2 aromatic carbocycles. The summed E-state index contributed by atoms with van der Waals surface area (Å²) in [6, 6.07) is 14.7. The Hall–Kier alpha value is -4.67. The summed E-state index contributed by atoms with van der Waals surface area (Å²) in [5, 5.41) is 13.6. The maximum atomic E-state index is 13.7. The minimum Gasteiger partial charge on any atom is -0.465 e. The largest absolute Gasteiger partial charge is 0.465 e. The van der Waals surface area contributed by atoms with Crippen LogP contribution in [0.2, 0.25) is 0 Å². The lowest BCUT2D eigenvalue weighted by atomic mass is 10.2. The number of anilines is 1. The third-order valence-corrected chi connectivity index (χ3v) is 4.30. The molecule has 0 aliphatic heterocycles. The molecule has 166 valence electrons. The number of hydrogen-bond donors (Lipinski definition) is 1. The van der Waals surface area contributed by atoms with E-state index in [1.165, 1.54) is 12.3 Å². The summed E-state index contributed by atoms with van der Waals surface area (Å²) in [5.41, 5.74) is 0.104. The second-order valence-electron chi connectivity index (χ2n) is 6.57. The number of benzene rings is 2. The average Bonchev–Trinajstić information content (AvgIpc) is 3.51. The van der Waals surface area contributed by atoms with Crippen molar-refractivity contribution in [1.29, 1.82) is 0 Å². The molecule has 0 unspecified atom stereocenters. The van der Waals surface area contributed by atoms with Gasteiger partial charge < -0.3 is 14.5 Å². The highest BCUT2D eigenvalue weighted by Crippen LogP contribution is 2.21. The van der Waals surface area contributed by atoms with Gasteiger partial charge >= 0.3 is 5.97 Å². The molecule has 0 aliphatic rings. The fraction of sp³-hybridized carbons (Fsp3) is 0.0455. The number of esters is 1. The van der Waals surface area contributed by atoms with Gasteiger partial charge in [-0.05, 0) is 34.7 Å². The predicted octanol–water partition coefficient (Wildman–Crippen LogP) is 3.39. The van der Waals surface area contributed by atoms with Crippen molar-refractivity contribution in [3.8, 4) is 11.4 Å². The Labute approximate surface area is 185 Å². The van der Waals surface area contributed by atoms with Crippen LogP contribution >= 0.6 is 0 Å². The summed E-state index contributed by atoms with van der Waals surface area (Å²) in [4.78, 5) is 25.0. The lowest BCUT2D eigenvalue weighted by Crippen LogP contribution is -2.23. The first kappa shape index (κ1) is 21.6. The SMILES string of the molecule is O=C(COC(=O)/C(=C\c1ccco1)n1nnnc1-c1ccccc1)Nc1cc(F)ccc1F. The van der Waals surface area contributed by atoms with Crippen LogP contribution in [0.15, 0.2) is 71.3 Å². The van der Waals surface area contributed by atoms with Crippen molar-refractivity contribution in [2.24, 2.45) is 0 Å². The summed E-state index contributed by atoms with van der Waals surface area (Å²) in [5.74, 6) is -2.84. The molecule has 0 fully saturated rings. The first-order valence-corrected chi connectivity index (χ1v) is 9.52. The monoisotopic (exact) mass is 451 g/mol. The van der Waals surface area contributed by atoms with Gasteiger partial charge in [-0.1, -0.05) is 30.3 Å². The van der Waals surface area contributed by atoms with Crippen LogP contribution in [-0.2, 0) is 14.3 Å². The van der Waals surface area contributed by atoms with Crippen LogP contribution in [0, 0.1) is 11.6 Å². The minimum absolute atomic E-state index is 0.140. The molecule has 4 aromatic rings. The number of halogens is 2. The van der Waals surface area contributed by atoms with Crippen molar-refractivity contribution in [2.75, 3.05) is 11.9 Å². The number of carbonyl (C=O) groups excluding carboxylic acids is 2. The Morgan fingerprint density at radius 1 is 1.09 bits per heavy atom. The Morgan fingerprint density at radius 3 is 2.67 bits per heavy atom. The molecular formula is C22H15F2N5O4. The third kappa shape index (κ3) is 5.15. The van der Waals surface area contributed by atoms with Crippen LogP contribution in [0.1, 0.15) is 5.76 Å². The molecule has 0 atom stereocenters. The number of amides is 1. The Kier molecular flexibility index (Phi) is 6.30. The molecule has 0 saturated carbocycles. The number of rotatable bonds is 7. The molecule has 33 heavy (non-hydrogen) atoms. The summed E-state index contributed by atoms with van der Waals surface area (Å²) >= 11 is 0. The van der Waals surface area contributed by atoms with E-state index < -0.39 is 30.1 Å². The van der Waals surface area contributed by atoms with E-state index in [0.717, 1.165) is 22.9 Å². The molecule has 0 spiro atoms. The molecular weight excluding hydrogens is 436 g/mol. The van der Waals surface area contributed by atoms with E-state index in [-0.39, 0.29) is 17.2 Å². The van der Waals surface area contributed by atoms with E-state index >= 15 is 0 Å². The zero-order valence-corrected chi connectivity index (χ0v) is 16.8. The van der Waals surface area contributed by atoms with E-state index in [9.17, 15) is 18.4 Å². The van der Waals surface area contributed by atoms with Crippen molar-refractivity contribution in [3.63, 3.8) is 0 Å². The average molecular weight is 451 g/mol. The van der Waals surface area contributed by atoms with Gasteiger partial charge in [-0.3, -0.25) is 4.79 Å². The standard InChI is InChI=1S/C22H15F2N5O4/c23-15-8-9-17(24)18(11-15)25-20(30)13-33-22(31)19(12-16-7-4-10-32-16)29-21(26-27-28-29)14-5-2-1-3-6-14/h1-12H,13H2,(H,25,30)/b19-12+. The molecule has 0 saturated heterocycles. The van der Waals surface area contributed by atoms with E-state index in [4.69, 9.17) is 9.15 Å². The van der Waals surface area contributed by atoms with E-state index in [0.29, 0.717) is 11.3 Å². The highest BCUT2D eigenvalue weighted by Gasteiger charge is 2.22. The zero-order valence-electron chi connectivity index (χ0n) is 16.8. The van der Waals surface area contributed by atoms with Gasteiger partial charge in [0.25, 0.3) is 5.91 Å². The van der Waals surface area contributed by atoms with Crippen molar-refractivity contribution >= 4 is 29.3 Å². The fourth-order valence-electron chi connectivity index (χ4n) is 2.82. The lowest BCUT2D eigenvalue weighted by molar-refractivity contribution is -0.141. The number of tetrazole rings is 1.